The van der Waals surface area contributed by atoms with Crippen molar-refractivity contribution < 1.29 is 9.53 Å². The number of benzene rings is 2. The predicted molar refractivity (Wildman–Crippen MR) is 148 cm³/mol. The van der Waals surface area contributed by atoms with Gasteiger partial charge in [-0.1, -0.05) is 53.5 Å². The van der Waals surface area contributed by atoms with Crippen molar-refractivity contribution in [3.8, 4) is 5.88 Å². The Morgan fingerprint density at radius 2 is 1.89 bits per heavy atom. The number of hydrogen-bond donors (Lipinski definition) is 2. The van der Waals surface area contributed by atoms with Crippen LogP contribution in [0.25, 0.3) is 5.70 Å². The van der Waals surface area contributed by atoms with Crippen LogP contribution < -0.4 is 16.3 Å². The highest BCUT2D eigenvalue weighted by Crippen LogP contribution is 2.39. The number of amides is 1. The molecule has 194 valence electrons. The van der Waals surface area contributed by atoms with Crippen molar-refractivity contribution in [1.29, 1.82) is 0 Å². The third-order valence-electron chi connectivity index (χ3n) is 6.44. The highest BCUT2D eigenvalue weighted by molar-refractivity contribution is 6.38. The fourth-order valence-electron chi connectivity index (χ4n) is 4.70. The Kier molecular flexibility index (Phi) is 7.97. The highest BCUT2D eigenvalue weighted by atomic mass is 35.5. The van der Waals surface area contributed by atoms with Gasteiger partial charge in [0.2, 0.25) is 5.88 Å². The van der Waals surface area contributed by atoms with E-state index >= 15 is 0 Å². The van der Waals surface area contributed by atoms with E-state index in [1.54, 1.807) is 24.9 Å². The van der Waals surface area contributed by atoms with Gasteiger partial charge >= 0.3 is 0 Å². The lowest BCUT2D eigenvalue weighted by molar-refractivity contribution is 0.0725. The summed E-state index contributed by atoms with van der Waals surface area (Å²) in [5.41, 5.74) is 12.4. The molecule has 0 unspecified atom stereocenters. The maximum atomic E-state index is 13.8. The number of nitrogens with two attached hydrogens (primary N) is 2. The van der Waals surface area contributed by atoms with Gasteiger partial charge in [0.05, 0.1) is 22.8 Å². The number of halogens is 2. The fraction of sp³-hybridized carbons (Fsp3) is 0.286. The van der Waals surface area contributed by atoms with Crippen LogP contribution in [0.5, 0.6) is 5.88 Å². The van der Waals surface area contributed by atoms with Crippen LogP contribution in [0.2, 0.25) is 10.0 Å². The first-order chi connectivity index (χ1) is 17.6. The Balaban J connectivity index is 1.69. The van der Waals surface area contributed by atoms with Crippen LogP contribution in [0.3, 0.4) is 0 Å². The van der Waals surface area contributed by atoms with Crippen molar-refractivity contribution in [2.75, 3.05) is 13.6 Å². The van der Waals surface area contributed by atoms with Crippen LogP contribution >= 0.6 is 23.2 Å². The quantitative estimate of drug-likeness (QED) is 0.315. The molecule has 0 saturated heterocycles. The molecular formula is C28H31Cl2N5O2. The van der Waals surface area contributed by atoms with Gasteiger partial charge in [0.15, 0.2) is 0 Å². The summed E-state index contributed by atoms with van der Waals surface area (Å²) in [6, 6.07) is 13.6. The number of fused-ring (bicyclic) bond motifs is 1. The minimum absolute atomic E-state index is 0.210. The van der Waals surface area contributed by atoms with Crippen LogP contribution in [-0.2, 0) is 19.6 Å². The highest BCUT2D eigenvalue weighted by Gasteiger charge is 2.32. The zero-order valence-electron chi connectivity index (χ0n) is 21.4. The lowest BCUT2D eigenvalue weighted by atomic mass is 9.94. The number of allylic oxidation sites excluding steroid dienone is 1. The number of hydrogen-bond acceptors (Lipinski definition) is 6. The third kappa shape index (κ3) is 5.54. The van der Waals surface area contributed by atoms with Crippen molar-refractivity contribution in [3.63, 3.8) is 0 Å². The number of pyridine rings is 1. The van der Waals surface area contributed by atoms with E-state index in [1.807, 2.05) is 50.2 Å². The molecule has 37 heavy (non-hydrogen) atoms. The Hall–Kier alpha value is -3.26. The average Bonchev–Trinajstić information content (AvgIpc) is 2.83. The van der Waals surface area contributed by atoms with Crippen molar-refractivity contribution in [3.05, 3.63) is 97.3 Å². The van der Waals surface area contributed by atoms with E-state index in [1.165, 1.54) is 5.01 Å². The number of carbonyl (C=O) groups excluding carboxylic acids is 1. The van der Waals surface area contributed by atoms with Gasteiger partial charge in [-0.2, -0.15) is 0 Å². The molecule has 3 aromatic rings. The molecule has 1 amide bonds. The molecule has 4 rings (SSSR count). The van der Waals surface area contributed by atoms with E-state index in [0.717, 1.165) is 27.9 Å². The molecule has 0 spiro atoms. The summed E-state index contributed by atoms with van der Waals surface area (Å²) < 4.78 is 6.14. The van der Waals surface area contributed by atoms with Gasteiger partial charge in [0.1, 0.15) is 6.61 Å². The van der Waals surface area contributed by atoms with Crippen LogP contribution in [-0.4, -0.2) is 34.4 Å². The van der Waals surface area contributed by atoms with Crippen molar-refractivity contribution >= 4 is 34.8 Å². The normalized spacial score (nSPS) is 13.8. The van der Waals surface area contributed by atoms with Gasteiger partial charge in [-0.05, 0) is 56.0 Å². The van der Waals surface area contributed by atoms with E-state index in [2.05, 4.69) is 4.98 Å². The Morgan fingerprint density at radius 3 is 2.54 bits per heavy atom. The molecule has 1 aliphatic heterocycles. The minimum Gasteiger partial charge on any atom is -0.473 e. The topological polar surface area (TPSA) is 97.7 Å². The zero-order chi connectivity index (χ0) is 26.9. The first kappa shape index (κ1) is 26.8. The molecular weight excluding hydrogens is 509 g/mol. The van der Waals surface area contributed by atoms with E-state index < -0.39 is 0 Å². The summed E-state index contributed by atoms with van der Waals surface area (Å²) >= 11 is 13.5. The number of aromatic nitrogens is 1. The Labute approximate surface area is 227 Å². The average molecular weight is 540 g/mol. The van der Waals surface area contributed by atoms with E-state index in [0.29, 0.717) is 59.5 Å². The second-order valence-corrected chi connectivity index (χ2v) is 10.1. The van der Waals surface area contributed by atoms with Gasteiger partial charge in [-0.25, -0.2) is 10.8 Å². The number of aryl methyl sites for hydroxylation is 2. The van der Waals surface area contributed by atoms with Crippen molar-refractivity contribution in [2.45, 2.75) is 40.3 Å². The Bertz CT molecular complexity index is 1370. The molecule has 9 heteroatoms. The van der Waals surface area contributed by atoms with E-state index in [9.17, 15) is 4.79 Å². The molecule has 0 fully saturated rings. The molecule has 0 bridgehead atoms. The second-order valence-electron chi connectivity index (χ2n) is 9.33. The standard InChI is InChI=1S/C28H31Cl2N5O2/c1-16-12-17(2)33-27(37-15-19-8-6-5-7-9-19)22(16)14-35-11-10-20-23(29)13-21(25(30)24(20)28(35)36)26(18(3)31)34(4)32/h5-9,12-13H,10-11,14-15,31-32H2,1-4H3/b26-18-. The zero-order valence-corrected chi connectivity index (χ0v) is 23.0. The smallest absolute Gasteiger partial charge is 0.256 e. The molecule has 7 nitrogen and oxygen atoms in total. The number of ether oxygens (including phenoxy) is 1. The van der Waals surface area contributed by atoms with Crippen molar-refractivity contribution in [2.24, 2.45) is 11.6 Å². The summed E-state index contributed by atoms with van der Waals surface area (Å²) in [6.07, 6.45) is 0.567. The lowest BCUT2D eigenvalue weighted by Crippen LogP contribution is -2.38. The summed E-state index contributed by atoms with van der Waals surface area (Å²) in [4.78, 5) is 20.2. The molecule has 0 radical (unpaired) electrons. The van der Waals surface area contributed by atoms with Crippen LogP contribution in [0, 0.1) is 13.8 Å². The third-order valence-corrected chi connectivity index (χ3v) is 7.17. The molecule has 2 aromatic carbocycles. The molecule has 1 aliphatic rings. The predicted octanol–water partition coefficient (Wildman–Crippen LogP) is 5.24. The summed E-state index contributed by atoms with van der Waals surface area (Å²) in [7, 11) is 1.66. The summed E-state index contributed by atoms with van der Waals surface area (Å²) in [5, 5.41) is 2.12. The lowest BCUT2D eigenvalue weighted by Gasteiger charge is -2.32. The molecule has 4 N–H and O–H groups in total. The summed E-state index contributed by atoms with van der Waals surface area (Å²) in [5.74, 6) is 6.33. The minimum atomic E-state index is -0.210. The summed E-state index contributed by atoms with van der Waals surface area (Å²) in [6.45, 7) is 6.85. The van der Waals surface area contributed by atoms with Gasteiger partial charge in [0.25, 0.3) is 5.91 Å². The molecule has 0 atom stereocenters. The number of carbonyl (C=O) groups is 1. The Morgan fingerprint density at radius 1 is 1.19 bits per heavy atom. The van der Waals surface area contributed by atoms with Gasteiger partial charge in [0, 0.05) is 41.1 Å². The van der Waals surface area contributed by atoms with E-state index in [-0.39, 0.29) is 10.9 Å². The number of nitrogens with zero attached hydrogens (tertiary/aromatic N) is 3. The monoisotopic (exact) mass is 539 g/mol. The first-order valence-corrected chi connectivity index (χ1v) is 12.7. The van der Waals surface area contributed by atoms with Crippen LogP contribution in [0.15, 0.2) is 48.2 Å². The van der Waals surface area contributed by atoms with Crippen molar-refractivity contribution in [1.82, 2.24) is 14.9 Å². The maximum absolute atomic E-state index is 13.8. The molecule has 2 heterocycles. The van der Waals surface area contributed by atoms with Crippen LogP contribution in [0.4, 0.5) is 0 Å². The largest absolute Gasteiger partial charge is 0.473 e. The maximum Gasteiger partial charge on any atom is 0.256 e. The molecule has 0 saturated carbocycles. The van der Waals surface area contributed by atoms with Gasteiger partial charge < -0.3 is 20.4 Å². The SMILES string of the molecule is C/C(N)=C(\c1cc(Cl)c2c(c1Cl)C(=O)N(Cc1c(C)cc(C)nc1OCc1ccccc1)CC2)N(C)N. The molecule has 0 aliphatic carbocycles. The molecule has 1 aromatic heterocycles. The van der Waals surface area contributed by atoms with E-state index in [4.69, 9.17) is 39.5 Å². The van der Waals surface area contributed by atoms with Crippen LogP contribution in [0.1, 0.15) is 50.8 Å². The second kappa shape index (κ2) is 11.0. The fourth-order valence-corrected chi connectivity index (χ4v) is 5.34. The first-order valence-electron chi connectivity index (χ1n) is 12.0. The number of hydrazine groups is 1. The van der Waals surface area contributed by atoms with Gasteiger partial charge in [-0.3, -0.25) is 4.79 Å². The van der Waals surface area contributed by atoms with Gasteiger partial charge in [-0.15, -0.1) is 0 Å². The number of rotatable bonds is 7.